The van der Waals surface area contributed by atoms with Crippen molar-refractivity contribution in [3.63, 3.8) is 0 Å². The Morgan fingerprint density at radius 1 is 1.27 bits per heavy atom. The zero-order chi connectivity index (χ0) is 21.5. The van der Waals surface area contributed by atoms with Crippen LogP contribution in [0.15, 0.2) is 53.5 Å². The summed E-state index contributed by atoms with van der Waals surface area (Å²) in [5, 5.41) is 13.6. The molecular formula is C20H20N4O4S2. The predicted molar refractivity (Wildman–Crippen MR) is 117 cm³/mol. The topological polar surface area (TPSA) is 95.3 Å². The standard InChI is InChI=1S/C20H20N4O4S2/c1-4-10-24-18(13-7-5-6-8-15(13)27-2)22-23-20(24)30-12-16(25)21-14-9-11-29-17(14)19(26)28-3/h4-9,11H,1,10,12H2,2-3H3,(H,21,25). The zero-order valence-corrected chi connectivity index (χ0v) is 18.1. The predicted octanol–water partition coefficient (Wildman–Crippen LogP) is 3.72. The lowest BCUT2D eigenvalue weighted by atomic mass is 10.2. The van der Waals surface area contributed by atoms with E-state index >= 15 is 0 Å². The van der Waals surface area contributed by atoms with E-state index in [4.69, 9.17) is 9.47 Å². The zero-order valence-electron chi connectivity index (χ0n) is 16.5. The van der Waals surface area contributed by atoms with E-state index < -0.39 is 5.97 Å². The van der Waals surface area contributed by atoms with E-state index in [2.05, 4.69) is 22.1 Å². The fraction of sp³-hybridized carbons (Fsp3) is 0.200. The van der Waals surface area contributed by atoms with E-state index in [0.29, 0.717) is 33.8 Å². The van der Waals surface area contributed by atoms with Gasteiger partial charge in [-0.2, -0.15) is 0 Å². The van der Waals surface area contributed by atoms with E-state index in [1.807, 2.05) is 28.8 Å². The fourth-order valence-electron chi connectivity index (χ4n) is 2.69. The first-order valence-corrected chi connectivity index (χ1v) is 10.7. The van der Waals surface area contributed by atoms with Crippen LogP contribution in [-0.2, 0) is 16.1 Å². The summed E-state index contributed by atoms with van der Waals surface area (Å²) in [5.74, 6) is 0.645. The Kier molecular flexibility index (Phi) is 7.26. The lowest BCUT2D eigenvalue weighted by Gasteiger charge is -2.10. The molecule has 10 heteroatoms. The summed E-state index contributed by atoms with van der Waals surface area (Å²) in [4.78, 5) is 24.5. The van der Waals surface area contributed by atoms with Crippen LogP contribution in [0.25, 0.3) is 11.4 Å². The first kappa shape index (κ1) is 21.6. The largest absolute Gasteiger partial charge is 0.496 e. The van der Waals surface area contributed by atoms with Gasteiger partial charge in [0.15, 0.2) is 11.0 Å². The number of rotatable bonds is 9. The monoisotopic (exact) mass is 444 g/mol. The molecule has 2 aromatic heterocycles. The summed E-state index contributed by atoms with van der Waals surface area (Å²) in [5.41, 5.74) is 1.23. The molecule has 1 aromatic carbocycles. The van der Waals surface area contributed by atoms with E-state index in [9.17, 15) is 9.59 Å². The van der Waals surface area contributed by atoms with Crippen molar-refractivity contribution in [2.45, 2.75) is 11.7 Å². The van der Waals surface area contributed by atoms with Crippen LogP contribution in [0.3, 0.4) is 0 Å². The van der Waals surface area contributed by atoms with Gasteiger partial charge in [0.2, 0.25) is 5.91 Å². The minimum Gasteiger partial charge on any atom is -0.496 e. The quantitative estimate of drug-likeness (QED) is 0.305. The summed E-state index contributed by atoms with van der Waals surface area (Å²) in [6.45, 7) is 4.27. The van der Waals surface area contributed by atoms with Gasteiger partial charge in [0.25, 0.3) is 0 Å². The number of esters is 1. The van der Waals surface area contributed by atoms with Crippen LogP contribution in [-0.4, -0.2) is 46.6 Å². The molecule has 0 spiro atoms. The van der Waals surface area contributed by atoms with Crippen LogP contribution >= 0.6 is 23.1 Å². The number of benzene rings is 1. The molecular weight excluding hydrogens is 424 g/mol. The number of anilines is 1. The molecule has 3 aromatic rings. The Balaban J connectivity index is 1.75. The summed E-state index contributed by atoms with van der Waals surface area (Å²) >= 11 is 2.45. The number of nitrogens with one attached hydrogen (secondary N) is 1. The maximum Gasteiger partial charge on any atom is 0.350 e. The van der Waals surface area contributed by atoms with Crippen molar-refractivity contribution in [3.05, 3.63) is 53.2 Å². The number of carbonyl (C=O) groups is 2. The molecule has 0 saturated heterocycles. The average molecular weight is 445 g/mol. The molecule has 0 fully saturated rings. The molecule has 0 aliphatic heterocycles. The third-order valence-electron chi connectivity index (χ3n) is 4.02. The highest BCUT2D eigenvalue weighted by atomic mass is 32.2. The van der Waals surface area contributed by atoms with Crippen LogP contribution in [0.2, 0.25) is 0 Å². The number of allylic oxidation sites excluding steroid dienone is 1. The smallest absolute Gasteiger partial charge is 0.350 e. The van der Waals surface area contributed by atoms with Crippen LogP contribution in [0.1, 0.15) is 9.67 Å². The summed E-state index contributed by atoms with van der Waals surface area (Å²) in [7, 11) is 2.90. The van der Waals surface area contributed by atoms with Crippen molar-refractivity contribution in [1.29, 1.82) is 0 Å². The lowest BCUT2D eigenvalue weighted by molar-refractivity contribution is -0.113. The van der Waals surface area contributed by atoms with Gasteiger partial charge in [-0.25, -0.2) is 4.79 Å². The van der Waals surface area contributed by atoms with Crippen LogP contribution in [0, 0.1) is 0 Å². The SMILES string of the molecule is C=CCn1c(SCC(=O)Nc2ccsc2C(=O)OC)nnc1-c1ccccc1OC. The number of hydrogen-bond acceptors (Lipinski definition) is 8. The molecule has 0 atom stereocenters. The normalized spacial score (nSPS) is 10.5. The van der Waals surface area contributed by atoms with Gasteiger partial charge >= 0.3 is 5.97 Å². The summed E-state index contributed by atoms with van der Waals surface area (Å²) < 4.78 is 12.0. The van der Waals surface area contributed by atoms with Crippen LogP contribution < -0.4 is 10.1 Å². The van der Waals surface area contributed by atoms with Gasteiger partial charge < -0.3 is 14.8 Å². The molecule has 0 bridgehead atoms. The van der Waals surface area contributed by atoms with Gasteiger partial charge in [-0.15, -0.1) is 28.1 Å². The average Bonchev–Trinajstić information content (AvgIpc) is 3.39. The fourth-order valence-corrected chi connectivity index (χ4v) is 4.21. The third-order valence-corrected chi connectivity index (χ3v) is 5.88. The third kappa shape index (κ3) is 4.71. The number of thiophene rings is 1. The number of para-hydroxylation sites is 1. The van der Waals surface area contributed by atoms with Crippen LogP contribution in [0.5, 0.6) is 5.75 Å². The molecule has 1 amide bonds. The number of thioether (sulfide) groups is 1. The van der Waals surface area contributed by atoms with Crippen molar-refractivity contribution in [2.24, 2.45) is 0 Å². The second-order valence-corrected chi connectivity index (χ2v) is 7.76. The first-order chi connectivity index (χ1) is 14.6. The molecule has 0 aliphatic carbocycles. The minimum atomic E-state index is -0.486. The maximum absolute atomic E-state index is 12.4. The molecule has 1 N–H and O–H groups in total. The Labute approximate surface area is 181 Å². The Bertz CT molecular complexity index is 1060. The molecule has 156 valence electrons. The van der Waals surface area contributed by atoms with E-state index in [-0.39, 0.29) is 11.7 Å². The number of ether oxygens (including phenoxy) is 2. The molecule has 3 rings (SSSR count). The number of aromatic nitrogens is 3. The highest BCUT2D eigenvalue weighted by Crippen LogP contribution is 2.31. The Morgan fingerprint density at radius 2 is 2.07 bits per heavy atom. The molecule has 0 unspecified atom stereocenters. The van der Waals surface area contributed by atoms with E-state index in [1.165, 1.54) is 30.2 Å². The van der Waals surface area contributed by atoms with Gasteiger partial charge in [-0.3, -0.25) is 9.36 Å². The van der Waals surface area contributed by atoms with Crippen molar-refractivity contribution in [3.8, 4) is 17.1 Å². The molecule has 0 radical (unpaired) electrons. The minimum absolute atomic E-state index is 0.0949. The molecule has 30 heavy (non-hydrogen) atoms. The van der Waals surface area contributed by atoms with E-state index in [1.54, 1.807) is 24.6 Å². The van der Waals surface area contributed by atoms with E-state index in [0.717, 1.165) is 5.56 Å². The second kappa shape index (κ2) is 10.1. The molecule has 2 heterocycles. The van der Waals surface area contributed by atoms with Gasteiger partial charge in [0.1, 0.15) is 10.6 Å². The number of carbonyl (C=O) groups excluding carboxylic acids is 2. The van der Waals surface area contributed by atoms with Gasteiger partial charge in [-0.1, -0.05) is 30.0 Å². The highest BCUT2D eigenvalue weighted by Gasteiger charge is 2.19. The van der Waals surface area contributed by atoms with Crippen molar-refractivity contribution < 1.29 is 19.1 Å². The maximum atomic E-state index is 12.4. The second-order valence-electron chi connectivity index (χ2n) is 5.90. The van der Waals surface area contributed by atoms with Gasteiger partial charge in [0.05, 0.1) is 31.2 Å². The molecule has 0 saturated carbocycles. The summed E-state index contributed by atoms with van der Waals surface area (Å²) in [6, 6.07) is 9.19. The summed E-state index contributed by atoms with van der Waals surface area (Å²) in [6.07, 6.45) is 1.74. The number of hydrogen-bond donors (Lipinski definition) is 1. The highest BCUT2D eigenvalue weighted by molar-refractivity contribution is 7.99. The van der Waals surface area contributed by atoms with Crippen molar-refractivity contribution >= 4 is 40.7 Å². The lowest BCUT2D eigenvalue weighted by Crippen LogP contribution is -2.16. The Morgan fingerprint density at radius 3 is 2.80 bits per heavy atom. The van der Waals surface area contributed by atoms with Gasteiger partial charge in [0, 0.05) is 6.54 Å². The Hall–Kier alpha value is -3.11. The number of amides is 1. The number of nitrogens with zero attached hydrogens (tertiary/aromatic N) is 3. The molecule has 0 aliphatic rings. The van der Waals surface area contributed by atoms with Crippen molar-refractivity contribution in [1.82, 2.24) is 14.8 Å². The number of methoxy groups -OCH3 is 2. The van der Waals surface area contributed by atoms with Gasteiger partial charge in [-0.05, 0) is 23.6 Å². The first-order valence-electron chi connectivity index (χ1n) is 8.85. The van der Waals surface area contributed by atoms with Crippen LogP contribution in [0.4, 0.5) is 5.69 Å². The van der Waals surface area contributed by atoms with Crippen molar-refractivity contribution in [2.75, 3.05) is 25.3 Å². The molecule has 8 nitrogen and oxygen atoms in total.